The third-order valence-corrected chi connectivity index (χ3v) is 5.14. The summed E-state index contributed by atoms with van der Waals surface area (Å²) in [5.74, 6) is 0.576. The van der Waals surface area contributed by atoms with Crippen LogP contribution in [0.4, 0.5) is 5.82 Å². The lowest BCUT2D eigenvalue weighted by atomic mass is 10.2. The second-order valence-electron chi connectivity index (χ2n) is 5.88. The van der Waals surface area contributed by atoms with E-state index in [0.29, 0.717) is 23.0 Å². The second kappa shape index (κ2) is 7.46. The number of aromatic nitrogens is 4. The predicted molar refractivity (Wildman–Crippen MR) is 108 cm³/mol. The molecule has 4 aromatic rings. The van der Waals surface area contributed by atoms with E-state index < -0.39 is 10.8 Å². The van der Waals surface area contributed by atoms with E-state index in [4.69, 9.17) is 11.6 Å². The summed E-state index contributed by atoms with van der Waals surface area (Å²) < 4.78 is 13.8. The highest BCUT2D eigenvalue weighted by Gasteiger charge is 2.16. The van der Waals surface area contributed by atoms with Gasteiger partial charge in [-0.15, -0.1) is 0 Å². The molecule has 4 rings (SSSR count). The summed E-state index contributed by atoms with van der Waals surface area (Å²) in [5, 5.41) is 9.41. The van der Waals surface area contributed by atoms with Gasteiger partial charge in [0.1, 0.15) is 5.82 Å². The van der Waals surface area contributed by atoms with Crippen molar-refractivity contribution in [3.63, 3.8) is 0 Å². The lowest BCUT2D eigenvalue weighted by molar-refractivity contribution is 0.680. The predicted octanol–water partition coefficient (Wildman–Crippen LogP) is 3.82. The normalized spacial score (nSPS) is 12.2. The van der Waals surface area contributed by atoms with Gasteiger partial charge in [-0.3, -0.25) is 4.21 Å². The lowest BCUT2D eigenvalue weighted by Crippen LogP contribution is -2.07. The van der Waals surface area contributed by atoms with Crippen molar-refractivity contribution < 1.29 is 4.21 Å². The van der Waals surface area contributed by atoms with E-state index in [2.05, 4.69) is 20.4 Å². The van der Waals surface area contributed by atoms with Crippen LogP contribution in [0.3, 0.4) is 0 Å². The topological polar surface area (TPSA) is 72.7 Å². The van der Waals surface area contributed by atoms with E-state index in [9.17, 15) is 4.21 Å². The molecule has 27 heavy (non-hydrogen) atoms. The Bertz CT molecular complexity index is 1130. The molecule has 0 aliphatic heterocycles. The summed E-state index contributed by atoms with van der Waals surface area (Å²) in [7, 11) is -1.33. The minimum Gasteiger partial charge on any atom is -0.365 e. The number of hydrogen-bond donors (Lipinski definition) is 1. The van der Waals surface area contributed by atoms with Crippen LogP contribution < -0.4 is 5.32 Å². The summed E-state index contributed by atoms with van der Waals surface area (Å²) in [4.78, 5) is 8.90. The molecule has 2 heterocycles. The molecule has 1 atom stereocenters. The van der Waals surface area contributed by atoms with Gasteiger partial charge in [0, 0.05) is 17.8 Å². The van der Waals surface area contributed by atoms with Crippen molar-refractivity contribution in [2.75, 3.05) is 11.6 Å². The summed E-state index contributed by atoms with van der Waals surface area (Å²) in [6.07, 6.45) is 3.27. The molecule has 1 N–H and O–H groups in total. The SMILES string of the molecule is CS(=O)c1nc(NCc2ccccc2Cl)c2cnn(-c3ccccc3)c2n1. The monoisotopic (exact) mass is 397 g/mol. The number of fused-ring (bicyclic) bond motifs is 1. The molecule has 0 aliphatic carbocycles. The second-order valence-corrected chi connectivity index (χ2v) is 7.56. The molecule has 0 saturated heterocycles. The maximum Gasteiger partial charge on any atom is 0.222 e. The Kier molecular flexibility index (Phi) is 4.87. The van der Waals surface area contributed by atoms with E-state index in [-0.39, 0.29) is 5.16 Å². The number of nitrogens with one attached hydrogen (secondary N) is 1. The highest BCUT2D eigenvalue weighted by molar-refractivity contribution is 7.84. The van der Waals surface area contributed by atoms with Crippen molar-refractivity contribution in [1.82, 2.24) is 19.7 Å². The summed E-state index contributed by atoms with van der Waals surface area (Å²) in [6.45, 7) is 0.484. The van der Waals surface area contributed by atoms with Gasteiger partial charge in [0.2, 0.25) is 5.16 Å². The number of halogens is 1. The van der Waals surface area contributed by atoms with Crippen molar-refractivity contribution in [2.24, 2.45) is 0 Å². The minimum atomic E-state index is -1.33. The van der Waals surface area contributed by atoms with Gasteiger partial charge in [0.15, 0.2) is 5.65 Å². The fraction of sp³-hybridized carbons (Fsp3) is 0.105. The van der Waals surface area contributed by atoms with Gasteiger partial charge in [0.25, 0.3) is 0 Å². The number of nitrogens with zero attached hydrogens (tertiary/aromatic N) is 4. The zero-order valence-corrected chi connectivity index (χ0v) is 16.0. The summed E-state index contributed by atoms with van der Waals surface area (Å²) >= 11 is 6.24. The van der Waals surface area contributed by atoms with Gasteiger partial charge in [-0.25, -0.2) is 14.6 Å². The van der Waals surface area contributed by atoms with Crippen LogP contribution >= 0.6 is 11.6 Å². The molecule has 136 valence electrons. The third-order valence-electron chi connectivity index (χ3n) is 4.07. The molecule has 1 unspecified atom stereocenters. The van der Waals surface area contributed by atoms with E-state index in [0.717, 1.165) is 16.6 Å². The molecule has 0 spiro atoms. The highest BCUT2D eigenvalue weighted by atomic mass is 35.5. The Hall–Kier alpha value is -2.77. The Morgan fingerprint density at radius 1 is 1.07 bits per heavy atom. The van der Waals surface area contributed by atoms with Crippen LogP contribution in [0.2, 0.25) is 5.02 Å². The number of benzene rings is 2. The van der Waals surface area contributed by atoms with E-state index in [1.807, 2.05) is 54.6 Å². The van der Waals surface area contributed by atoms with Gasteiger partial charge in [0.05, 0.1) is 28.1 Å². The molecule has 6 nitrogen and oxygen atoms in total. The Morgan fingerprint density at radius 2 is 1.81 bits per heavy atom. The Labute approximate surface area is 163 Å². The third kappa shape index (κ3) is 3.56. The molecule has 0 radical (unpaired) electrons. The van der Waals surface area contributed by atoms with Crippen LogP contribution in [0, 0.1) is 0 Å². The molecule has 2 aromatic carbocycles. The zero-order valence-electron chi connectivity index (χ0n) is 14.5. The Morgan fingerprint density at radius 3 is 2.56 bits per heavy atom. The standard InChI is InChI=1S/C19H16ClN5OS/c1-27(26)19-23-17(21-11-13-7-5-6-10-16(13)20)15-12-22-25(18(15)24-19)14-8-3-2-4-9-14/h2-10,12H,11H2,1H3,(H,21,23,24). The van der Waals surface area contributed by atoms with Gasteiger partial charge in [-0.05, 0) is 23.8 Å². The quantitative estimate of drug-likeness (QED) is 0.518. The van der Waals surface area contributed by atoms with Crippen LogP contribution in [0.5, 0.6) is 0 Å². The first-order valence-electron chi connectivity index (χ1n) is 8.25. The Balaban J connectivity index is 1.79. The molecular weight excluding hydrogens is 382 g/mol. The smallest absolute Gasteiger partial charge is 0.222 e. The molecule has 0 fully saturated rings. The average molecular weight is 398 g/mol. The van der Waals surface area contributed by atoms with Crippen molar-refractivity contribution >= 4 is 39.3 Å². The summed E-state index contributed by atoms with van der Waals surface area (Å²) in [6, 6.07) is 17.3. The summed E-state index contributed by atoms with van der Waals surface area (Å²) in [5.41, 5.74) is 2.42. The molecule has 2 aromatic heterocycles. The first-order valence-corrected chi connectivity index (χ1v) is 10.2. The van der Waals surface area contributed by atoms with Crippen LogP contribution in [0.1, 0.15) is 5.56 Å². The molecule has 0 saturated carbocycles. The average Bonchev–Trinajstić information content (AvgIpc) is 3.12. The van der Waals surface area contributed by atoms with Crippen LogP contribution in [0.15, 0.2) is 66.0 Å². The minimum absolute atomic E-state index is 0.252. The number of anilines is 1. The van der Waals surface area contributed by atoms with Crippen molar-refractivity contribution in [3.05, 3.63) is 71.4 Å². The number of para-hydroxylation sites is 1. The van der Waals surface area contributed by atoms with Crippen molar-refractivity contribution in [1.29, 1.82) is 0 Å². The maximum absolute atomic E-state index is 12.0. The van der Waals surface area contributed by atoms with Gasteiger partial charge >= 0.3 is 0 Å². The molecular formula is C19H16ClN5OS. The first kappa shape index (κ1) is 17.6. The fourth-order valence-corrected chi connectivity index (χ4v) is 3.37. The van der Waals surface area contributed by atoms with Crippen LogP contribution in [-0.2, 0) is 17.3 Å². The number of rotatable bonds is 5. The largest absolute Gasteiger partial charge is 0.365 e. The van der Waals surface area contributed by atoms with E-state index in [1.165, 1.54) is 0 Å². The molecule has 0 bridgehead atoms. The van der Waals surface area contributed by atoms with Gasteiger partial charge in [-0.2, -0.15) is 5.10 Å². The highest BCUT2D eigenvalue weighted by Crippen LogP contribution is 2.25. The van der Waals surface area contributed by atoms with Crippen LogP contribution in [-0.4, -0.2) is 30.2 Å². The van der Waals surface area contributed by atoms with E-state index in [1.54, 1.807) is 17.1 Å². The maximum atomic E-state index is 12.0. The van der Waals surface area contributed by atoms with Crippen molar-refractivity contribution in [3.8, 4) is 5.69 Å². The zero-order chi connectivity index (χ0) is 18.8. The first-order chi connectivity index (χ1) is 13.1. The van der Waals surface area contributed by atoms with Gasteiger partial charge in [-0.1, -0.05) is 48.0 Å². The molecule has 8 heteroatoms. The molecule has 0 amide bonds. The van der Waals surface area contributed by atoms with E-state index >= 15 is 0 Å². The van der Waals surface area contributed by atoms with Crippen LogP contribution in [0.25, 0.3) is 16.7 Å². The fourth-order valence-electron chi connectivity index (χ4n) is 2.73. The number of hydrogen-bond acceptors (Lipinski definition) is 5. The molecule has 0 aliphatic rings. The lowest BCUT2D eigenvalue weighted by Gasteiger charge is -2.10. The van der Waals surface area contributed by atoms with Crippen molar-refractivity contribution in [2.45, 2.75) is 11.7 Å². The van der Waals surface area contributed by atoms with Gasteiger partial charge < -0.3 is 5.32 Å².